The number of carbonyl (C=O) groups excluding carboxylic acids is 2. The van der Waals surface area contributed by atoms with Crippen LogP contribution in [0.5, 0.6) is 0 Å². The van der Waals surface area contributed by atoms with Gasteiger partial charge in [-0.3, -0.25) is 14.9 Å². The summed E-state index contributed by atoms with van der Waals surface area (Å²) in [6.45, 7) is 4.53. The van der Waals surface area contributed by atoms with Crippen LogP contribution >= 0.6 is 0 Å². The quantitative estimate of drug-likeness (QED) is 0.171. The highest BCUT2D eigenvalue weighted by Gasteiger charge is 2.32. The first-order valence-electron chi connectivity index (χ1n) is 15.5. The third-order valence-corrected chi connectivity index (χ3v) is 10.5. The van der Waals surface area contributed by atoms with Gasteiger partial charge in [0.05, 0.1) is 28.2 Å². The number of aromatic nitrogens is 2. The molecule has 0 saturated carbocycles. The van der Waals surface area contributed by atoms with Gasteiger partial charge in [-0.15, -0.1) is 6.42 Å². The lowest BCUT2D eigenvalue weighted by Gasteiger charge is -2.33. The minimum Gasteiger partial charge on any atom is -0.388 e. The molecule has 11 nitrogen and oxygen atoms in total. The fraction of sp³-hybridized carbons (Fsp3) is 0.531. The monoisotopic (exact) mass is 618 g/mol. The highest BCUT2D eigenvalue weighted by atomic mass is 32.2. The number of hydrogen-bond acceptors (Lipinski definition) is 9. The number of carbonyl (C=O) groups is 2. The number of imide groups is 1. The molecule has 3 fully saturated rings. The summed E-state index contributed by atoms with van der Waals surface area (Å²) in [5.74, 6) is 2.95. The van der Waals surface area contributed by atoms with Gasteiger partial charge < -0.3 is 20.9 Å². The van der Waals surface area contributed by atoms with Crippen molar-refractivity contribution in [3.63, 3.8) is 0 Å². The van der Waals surface area contributed by atoms with Crippen molar-refractivity contribution in [1.29, 1.82) is 5.41 Å². The Morgan fingerprint density at radius 1 is 1.11 bits per heavy atom. The maximum absolute atomic E-state index is 13.0. The van der Waals surface area contributed by atoms with E-state index < -0.39 is 16.9 Å². The third kappa shape index (κ3) is 7.88. The summed E-state index contributed by atoms with van der Waals surface area (Å²) < 4.78 is 15.1. The molecule has 2 unspecified atom stereocenters. The third-order valence-electron chi connectivity index (χ3n) is 8.94. The molecule has 1 aromatic carbocycles. The second-order valence-electron chi connectivity index (χ2n) is 11.8. The number of rotatable bonds is 11. The Kier molecular flexibility index (Phi) is 10.7. The Labute approximate surface area is 262 Å². The summed E-state index contributed by atoms with van der Waals surface area (Å²) >= 11 is 0. The van der Waals surface area contributed by atoms with Crippen LogP contribution < -0.4 is 16.0 Å². The maximum Gasteiger partial charge on any atom is 0.235 e. The van der Waals surface area contributed by atoms with Crippen LogP contribution in [0.2, 0.25) is 0 Å². The molecule has 4 N–H and O–H groups in total. The number of benzene rings is 1. The summed E-state index contributed by atoms with van der Waals surface area (Å²) in [6, 6.07) is 6.40. The first-order valence-corrected chi connectivity index (χ1v) is 16.8. The lowest BCUT2D eigenvalue weighted by molar-refractivity contribution is -0.134. The molecule has 3 saturated heterocycles. The summed E-state index contributed by atoms with van der Waals surface area (Å²) in [5, 5.41) is 17.6. The lowest BCUT2D eigenvalue weighted by Crippen LogP contribution is -2.44. The van der Waals surface area contributed by atoms with E-state index in [0.29, 0.717) is 35.2 Å². The molecule has 3 aliphatic rings. The van der Waals surface area contributed by atoms with Gasteiger partial charge in [0.1, 0.15) is 0 Å². The van der Waals surface area contributed by atoms with Gasteiger partial charge in [0.2, 0.25) is 17.8 Å². The van der Waals surface area contributed by atoms with Gasteiger partial charge in [0.25, 0.3) is 0 Å². The van der Waals surface area contributed by atoms with Crippen LogP contribution in [0.3, 0.4) is 0 Å². The number of terminal acetylenes is 1. The molecular weight excluding hydrogens is 576 g/mol. The number of nitrogens with zero attached hydrogens (tertiary/aromatic N) is 4. The molecule has 44 heavy (non-hydrogen) atoms. The van der Waals surface area contributed by atoms with Crippen molar-refractivity contribution in [1.82, 2.24) is 24.5 Å². The summed E-state index contributed by atoms with van der Waals surface area (Å²) in [4.78, 5) is 34.8. The Bertz CT molecular complexity index is 1410. The molecule has 3 aliphatic heterocycles. The number of nitrogens with one attached hydrogen (secondary N) is 4. The molecular formula is C32H42N8O3S. The first kappa shape index (κ1) is 31.8. The number of amides is 2. The van der Waals surface area contributed by atoms with Crippen molar-refractivity contribution < 1.29 is 13.8 Å². The first-order chi connectivity index (χ1) is 21.3. The van der Waals surface area contributed by atoms with Crippen LogP contribution in [0.1, 0.15) is 67.6 Å². The zero-order valence-electron chi connectivity index (χ0n) is 25.3. The molecule has 0 spiro atoms. The minimum atomic E-state index is -0.970. The number of anilines is 2. The van der Waals surface area contributed by atoms with E-state index in [-0.39, 0.29) is 30.0 Å². The highest BCUT2D eigenvalue weighted by Crippen LogP contribution is 2.32. The highest BCUT2D eigenvalue weighted by molar-refractivity contribution is 7.82. The summed E-state index contributed by atoms with van der Waals surface area (Å²) in [7, 11) is 0.865. The fourth-order valence-electron chi connectivity index (χ4n) is 6.31. The van der Waals surface area contributed by atoms with Crippen LogP contribution in [-0.4, -0.2) is 92.5 Å². The van der Waals surface area contributed by atoms with E-state index in [1.807, 2.05) is 13.1 Å². The van der Waals surface area contributed by atoms with Gasteiger partial charge in [-0.1, -0.05) is 18.1 Å². The molecule has 0 bridgehead atoms. The normalized spacial score (nSPS) is 21.3. The van der Waals surface area contributed by atoms with Crippen LogP contribution in [-0.2, 0) is 20.6 Å². The standard InChI is InChI=1S/C32H42N8O3S/c1-3-22-20-35-32(36-21-22)37-25-11-16-40(17-12-25)44(43)18-4-13-39-14-9-23(10-15-39)24-5-6-26(28(19-24)34-2)30(33)27-7-8-29(41)38-31(27)42/h1,5-6,19-21,23,25,27,33-34H,4,7-18H2,2H3,(H,35,36,37)(H,38,41,42). The molecule has 2 aromatic rings. The van der Waals surface area contributed by atoms with Crippen molar-refractivity contribution in [2.75, 3.05) is 56.2 Å². The van der Waals surface area contributed by atoms with Gasteiger partial charge >= 0.3 is 0 Å². The van der Waals surface area contributed by atoms with Crippen LogP contribution in [0.25, 0.3) is 0 Å². The Hall–Kier alpha value is -3.66. The Balaban J connectivity index is 1.02. The summed E-state index contributed by atoms with van der Waals surface area (Å²) in [6.07, 6.45) is 14.1. The van der Waals surface area contributed by atoms with Crippen molar-refractivity contribution >= 4 is 40.1 Å². The van der Waals surface area contributed by atoms with Crippen LogP contribution in [0.15, 0.2) is 30.6 Å². The van der Waals surface area contributed by atoms with E-state index in [1.165, 1.54) is 5.56 Å². The van der Waals surface area contributed by atoms with Crippen molar-refractivity contribution in [3.8, 4) is 12.3 Å². The van der Waals surface area contributed by atoms with Crippen molar-refractivity contribution in [3.05, 3.63) is 47.3 Å². The second kappa shape index (κ2) is 14.9. The molecule has 0 radical (unpaired) electrons. The van der Waals surface area contributed by atoms with E-state index in [1.54, 1.807) is 12.4 Å². The smallest absolute Gasteiger partial charge is 0.235 e. The zero-order valence-corrected chi connectivity index (χ0v) is 26.1. The van der Waals surface area contributed by atoms with Gasteiger partial charge in [0, 0.05) is 62.0 Å². The molecule has 1 aromatic heterocycles. The van der Waals surface area contributed by atoms with E-state index in [9.17, 15) is 13.8 Å². The van der Waals surface area contributed by atoms with Crippen LogP contribution in [0.4, 0.5) is 11.6 Å². The molecule has 2 atom stereocenters. The van der Waals surface area contributed by atoms with Gasteiger partial charge in [-0.25, -0.2) is 18.5 Å². The number of likely N-dealkylation sites (tertiary alicyclic amines) is 1. The number of hydrogen-bond donors (Lipinski definition) is 4. The fourth-order valence-corrected chi connectivity index (χ4v) is 7.56. The second-order valence-corrected chi connectivity index (χ2v) is 13.3. The largest absolute Gasteiger partial charge is 0.388 e. The lowest BCUT2D eigenvalue weighted by atomic mass is 9.85. The Morgan fingerprint density at radius 3 is 2.50 bits per heavy atom. The average molecular weight is 619 g/mol. The van der Waals surface area contributed by atoms with E-state index in [0.717, 1.165) is 70.5 Å². The molecule has 0 aliphatic carbocycles. The minimum absolute atomic E-state index is 0.251. The molecule has 5 rings (SSSR count). The predicted octanol–water partition coefficient (Wildman–Crippen LogP) is 2.73. The van der Waals surface area contributed by atoms with Gasteiger partial charge in [-0.05, 0) is 75.7 Å². The zero-order chi connectivity index (χ0) is 31.1. The van der Waals surface area contributed by atoms with E-state index in [2.05, 4.69) is 53.2 Å². The summed E-state index contributed by atoms with van der Waals surface area (Å²) in [5.41, 5.74) is 3.70. The average Bonchev–Trinajstić information content (AvgIpc) is 3.05. The van der Waals surface area contributed by atoms with Crippen LogP contribution in [0, 0.1) is 23.7 Å². The molecule has 2 amide bonds. The Morgan fingerprint density at radius 2 is 1.84 bits per heavy atom. The predicted molar refractivity (Wildman–Crippen MR) is 173 cm³/mol. The topological polar surface area (TPSA) is 143 Å². The SMILES string of the molecule is C#Cc1cnc(NC2CCN(S(=O)CCCN3CCC(c4ccc(C(=N)C5CCC(=O)NC5=O)c(NC)c4)CC3)CC2)nc1. The van der Waals surface area contributed by atoms with Crippen molar-refractivity contribution in [2.24, 2.45) is 5.92 Å². The van der Waals surface area contributed by atoms with Crippen molar-refractivity contribution in [2.45, 2.75) is 56.9 Å². The molecule has 4 heterocycles. The van der Waals surface area contributed by atoms with E-state index in [4.69, 9.17) is 11.8 Å². The van der Waals surface area contributed by atoms with Gasteiger partial charge in [-0.2, -0.15) is 0 Å². The maximum atomic E-state index is 13.0. The number of piperidine rings is 3. The molecule has 12 heteroatoms. The van der Waals surface area contributed by atoms with E-state index >= 15 is 0 Å². The van der Waals surface area contributed by atoms with Gasteiger partial charge in [0.15, 0.2) is 0 Å². The molecule has 234 valence electrons.